The third-order valence-electron chi connectivity index (χ3n) is 7.69. The standard InChI is InChI=1S/C31H29N3O4S/c1-39(37,38)34-18-22(19-34)17-33-14-12-25-15-21(6-8-27(25)20-33)5-7-24-3-2-4-28(31(35)36)30(24)26-10-9-23-11-13-32-29(23)16-26/h2-4,6,8-11,13,15-16,22,32H,12,14,17-20H2,1H3,(H,35,36). The Morgan fingerprint density at radius 1 is 1.05 bits per heavy atom. The molecule has 39 heavy (non-hydrogen) atoms. The van der Waals surface area contributed by atoms with Gasteiger partial charge in [-0.25, -0.2) is 17.5 Å². The first kappa shape index (κ1) is 25.4. The Labute approximate surface area is 228 Å². The lowest BCUT2D eigenvalue weighted by molar-refractivity contribution is 0.0697. The molecule has 0 bridgehead atoms. The Morgan fingerprint density at radius 2 is 1.90 bits per heavy atom. The fraction of sp³-hybridized carbons (Fsp3) is 0.258. The lowest BCUT2D eigenvalue weighted by Gasteiger charge is -2.41. The normalized spacial score (nSPS) is 16.3. The first-order valence-corrected chi connectivity index (χ1v) is 14.8. The van der Waals surface area contributed by atoms with Gasteiger partial charge in [0.05, 0.1) is 11.8 Å². The molecule has 4 aromatic rings. The van der Waals surface area contributed by atoms with Gasteiger partial charge < -0.3 is 10.1 Å². The van der Waals surface area contributed by atoms with Gasteiger partial charge in [0.1, 0.15) is 0 Å². The van der Waals surface area contributed by atoms with E-state index in [1.165, 1.54) is 21.7 Å². The maximum absolute atomic E-state index is 12.1. The number of carboxylic acids is 1. The molecule has 0 amide bonds. The number of nitrogens with zero attached hydrogens (tertiary/aromatic N) is 2. The van der Waals surface area contributed by atoms with Crippen molar-refractivity contribution >= 4 is 26.9 Å². The fourth-order valence-electron chi connectivity index (χ4n) is 5.61. The van der Waals surface area contributed by atoms with E-state index in [4.69, 9.17) is 0 Å². The number of hydrogen-bond donors (Lipinski definition) is 2. The third kappa shape index (κ3) is 5.21. The molecule has 1 aromatic heterocycles. The van der Waals surface area contributed by atoms with Crippen molar-refractivity contribution < 1.29 is 18.3 Å². The molecule has 2 N–H and O–H groups in total. The van der Waals surface area contributed by atoms with Crippen LogP contribution in [-0.4, -0.2) is 66.1 Å². The summed E-state index contributed by atoms with van der Waals surface area (Å²) in [6.45, 7) is 3.92. The van der Waals surface area contributed by atoms with E-state index in [1.54, 1.807) is 12.1 Å². The molecule has 0 unspecified atom stereocenters. The highest BCUT2D eigenvalue weighted by Crippen LogP contribution is 2.30. The molecule has 198 valence electrons. The molecular weight excluding hydrogens is 510 g/mol. The summed E-state index contributed by atoms with van der Waals surface area (Å²) < 4.78 is 24.8. The zero-order chi connectivity index (χ0) is 27.1. The van der Waals surface area contributed by atoms with Crippen LogP contribution in [0.4, 0.5) is 0 Å². The van der Waals surface area contributed by atoms with E-state index in [0.717, 1.165) is 48.1 Å². The summed E-state index contributed by atoms with van der Waals surface area (Å²) in [5.74, 6) is 5.93. The number of H-pyrrole nitrogens is 1. The minimum atomic E-state index is -3.08. The van der Waals surface area contributed by atoms with Crippen molar-refractivity contribution in [3.8, 4) is 23.0 Å². The topological polar surface area (TPSA) is 93.7 Å². The summed E-state index contributed by atoms with van der Waals surface area (Å²) in [6.07, 6.45) is 4.06. The molecule has 0 spiro atoms. The van der Waals surface area contributed by atoms with Crippen molar-refractivity contribution in [2.45, 2.75) is 13.0 Å². The van der Waals surface area contributed by atoms with Gasteiger partial charge in [-0.15, -0.1) is 0 Å². The van der Waals surface area contributed by atoms with Crippen molar-refractivity contribution in [2.75, 3.05) is 32.4 Å². The van der Waals surface area contributed by atoms with Crippen LogP contribution >= 0.6 is 0 Å². The van der Waals surface area contributed by atoms with Crippen LogP contribution in [0.5, 0.6) is 0 Å². The Hall–Kier alpha value is -3.90. The number of fused-ring (bicyclic) bond motifs is 2. The lowest BCUT2D eigenvalue weighted by atomic mass is 9.93. The first-order valence-electron chi connectivity index (χ1n) is 13.0. The number of aromatic nitrogens is 1. The van der Waals surface area contributed by atoms with Crippen LogP contribution in [-0.2, 0) is 23.0 Å². The molecular formula is C31H29N3O4S. The van der Waals surface area contributed by atoms with Crippen molar-refractivity contribution in [1.82, 2.24) is 14.2 Å². The fourth-order valence-corrected chi connectivity index (χ4v) is 6.57. The lowest BCUT2D eigenvalue weighted by Crippen LogP contribution is -2.53. The molecule has 2 aliphatic heterocycles. The van der Waals surface area contributed by atoms with Crippen LogP contribution in [0.15, 0.2) is 66.9 Å². The van der Waals surface area contributed by atoms with Gasteiger partial charge in [0, 0.05) is 61.1 Å². The molecule has 6 rings (SSSR count). The van der Waals surface area contributed by atoms with Crippen LogP contribution in [0, 0.1) is 17.8 Å². The summed E-state index contributed by atoms with van der Waals surface area (Å²) in [7, 11) is -3.08. The molecule has 8 heteroatoms. The van der Waals surface area contributed by atoms with Gasteiger partial charge in [-0.3, -0.25) is 4.90 Å². The quantitative estimate of drug-likeness (QED) is 0.371. The van der Waals surface area contributed by atoms with Crippen molar-refractivity contribution in [3.63, 3.8) is 0 Å². The summed E-state index contributed by atoms with van der Waals surface area (Å²) >= 11 is 0. The average molecular weight is 540 g/mol. The predicted octanol–water partition coefficient (Wildman–Crippen LogP) is 4.18. The first-order chi connectivity index (χ1) is 18.7. The smallest absolute Gasteiger partial charge is 0.336 e. The van der Waals surface area contributed by atoms with Crippen LogP contribution < -0.4 is 0 Å². The number of nitrogens with one attached hydrogen (secondary N) is 1. The number of rotatable bonds is 5. The maximum Gasteiger partial charge on any atom is 0.336 e. The van der Waals surface area contributed by atoms with Gasteiger partial charge in [-0.05, 0) is 70.8 Å². The molecule has 3 heterocycles. The van der Waals surface area contributed by atoms with Crippen LogP contribution in [0.25, 0.3) is 22.0 Å². The Morgan fingerprint density at radius 3 is 2.69 bits per heavy atom. The summed E-state index contributed by atoms with van der Waals surface area (Å²) in [5.41, 5.74) is 6.73. The number of hydrogen-bond acceptors (Lipinski definition) is 4. The second-order valence-electron chi connectivity index (χ2n) is 10.5. The molecule has 0 radical (unpaired) electrons. The Balaban J connectivity index is 1.22. The minimum Gasteiger partial charge on any atom is -0.478 e. The minimum absolute atomic E-state index is 0.226. The Bertz CT molecular complexity index is 1760. The van der Waals surface area contributed by atoms with E-state index in [0.29, 0.717) is 30.1 Å². The summed E-state index contributed by atoms with van der Waals surface area (Å²) in [6, 6.07) is 19.4. The number of carboxylic acid groups (broad SMARTS) is 1. The second-order valence-corrected chi connectivity index (χ2v) is 12.5. The zero-order valence-corrected chi connectivity index (χ0v) is 22.5. The van der Waals surface area contributed by atoms with Gasteiger partial charge in [0.25, 0.3) is 0 Å². The number of aromatic amines is 1. The van der Waals surface area contributed by atoms with Gasteiger partial charge in [-0.2, -0.15) is 0 Å². The zero-order valence-electron chi connectivity index (χ0n) is 21.6. The summed E-state index contributed by atoms with van der Waals surface area (Å²) in [4.78, 5) is 17.7. The number of carbonyl (C=O) groups is 1. The van der Waals surface area contributed by atoms with E-state index in [9.17, 15) is 18.3 Å². The van der Waals surface area contributed by atoms with Crippen molar-refractivity contribution in [3.05, 3.63) is 94.7 Å². The highest BCUT2D eigenvalue weighted by atomic mass is 32.2. The molecule has 7 nitrogen and oxygen atoms in total. The largest absolute Gasteiger partial charge is 0.478 e. The molecule has 1 fully saturated rings. The molecule has 3 aromatic carbocycles. The molecule has 0 atom stereocenters. The average Bonchev–Trinajstić information content (AvgIpc) is 3.36. The van der Waals surface area contributed by atoms with Crippen molar-refractivity contribution in [1.29, 1.82) is 0 Å². The van der Waals surface area contributed by atoms with Crippen LogP contribution in [0.3, 0.4) is 0 Å². The summed E-state index contributed by atoms with van der Waals surface area (Å²) in [5, 5.41) is 11.0. The molecule has 2 aliphatic rings. The van der Waals surface area contributed by atoms with Gasteiger partial charge in [0.2, 0.25) is 10.0 Å². The van der Waals surface area contributed by atoms with Crippen LogP contribution in [0.2, 0.25) is 0 Å². The van der Waals surface area contributed by atoms with E-state index in [-0.39, 0.29) is 5.56 Å². The highest BCUT2D eigenvalue weighted by molar-refractivity contribution is 7.88. The van der Waals surface area contributed by atoms with Gasteiger partial charge in [0.15, 0.2) is 0 Å². The van der Waals surface area contributed by atoms with Crippen molar-refractivity contribution in [2.24, 2.45) is 5.92 Å². The predicted molar refractivity (Wildman–Crippen MR) is 152 cm³/mol. The highest BCUT2D eigenvalue weighted by Gasteiger charge is 2.34. The van der Waals surface area contributed by atoms with E-state index >= 15 is 0 Å². The van der Waals surface area contributed by atoms with Gasteiger partial charge in [-0.1, -0.05) is 36.1 Å². The molecule has 0 saturated carbocycles. The number of aromatic carboxylic acids is 1. The Kier molecular flexibility index (Phi) is 6.51. The number of benzene rings is 3. The molecule has 0 aliphatic carbocycles. The monoisotopic (exact) mass is 539 g/mol. The van der Waals surface area contributed by atoms with E-state index < -0.39 is 16.0 Å². The molecule has 1 saturated heterocycles. The maximum atomic E-state index is 12.1. The number of sulfonamides is 1. The van der Waals surface area contributed by atoms with Gasteiger partial charge >= 0.3 is 5.97 Å². The van der Waals surface area contributed by atoms with Crippen LogP contribution in [0.1, 0.15) is 32.6 Å². The third-order valence-corrected chi connectivity index (χ3v) is 8.92. The second kappa shape index (κ2) is 10.0. The SMILES string of the molecule is CS(=O)(=O)N1CC(CN2CCc3cc(C#Cc4cccc(C(=O)O)c4-c4ccc5cc[nH]c5c4)ccc3C2)C1. The van der Waals surface area contributed by atoms with E-state index in [2.05, 4.69) is 33.9 Å². The van der Waals surface area contributed by atoms with E-state index in [1.807, 2.05) is 42.6 Å².